The Balaban J connectivity index is 2.18. The molecule has 1 aliphatic heterocycles. The molecule has 4 nitrogen and oxygen atoms in total. The smallest absolute Gasteiger partial charge is 0.286 e. The van der Waals surface area contributed by atoms with E-state index in [4.69, 9.17) is 4.55 Å². The van der Waals surface area contributed by atoms with Crippen molar-refractivity contribution >= 4 is 38.9 Å². The topological polar surface area (TPSA) is 66.7 Å². The Morgan fingerprint density at radius 3 is 2.65 bits per heavy atom. The van der Waals surface area contributed by atoms with Gasteiger partial charge < -0.3 is 0 Å². The molecule has 0 aliphatic carbocycles. The van der Waals surface area contributed by atoms with E-state index in [2.05, 4.69) is 4.99 Å². The summed E-state index contributed by atoms with van der Waals surface area (Å²) in [7, 11) is -4.01. The molecular formula is C14H14F3NO3S2. The van der Waals surface area contributed by atoms with Crippen molar-refractivity contribution in [1.29, 1.82) is 0 Å². The summed E-state index contributed by atoms with van der Waals surface area (Å²) in [5, 5.41) is 0. The predicted molar refractivity (Wildman–Crippen MR) is 84.7 cm³/mol. The molecule has 2 rings (SSSR count). The van der Waals surface area contributed by atoms with E-state index in [1.807, 2.05) is 0 Å². The van der Waals surface area contributed by atoms with Gasteiger partial charge in [0.1, 0.15) is 0 Å². The van der Waals surface area contributed by atoms with Gasteiger partial charge in [0.25, 0.3) is 10.1 Å². The first-order chi connectivity index (χ1) is 10.6. The van der Waals surface area contributed by atoms with E-state index in [0.29, 0.717) is 29.0 Å². The van der Waals surface area contributed by atoms with Crippen LogP contribution in [0.5, 0.6) is 0 Å². The highest BCUT2D eigenvalue weighted by Crippen LogP contribution is 2.42. The largest absolute Gasteiger partial charge is 0.446 e. The maximum absolute atomic E-state index is 12.5. The number of unbranched alkanes of at least 4 members (excludes halogenated alkanes) is 1. The van der Waals surface area contributed by atoms with Gasteiger partial charge in [-0.15, -0.1) is 0 Å². The SMILES string of the molecule is CC1=Nc2ccc(SC(F)(F)F)cc2/C1=C/CCCS(=O)(=O)O. The van der Waals surface area contributed by atoms with Crippen LogP contribution in [0.3, 0.4) is 0 Å². The molecule has 1 aromatic carbocycles. The Bertz CT molecular complexity index is 768. The highest BCUT2D eigenvalue weighted by molar-refractivity contribution is 8.00. The maximum atomic E-state index is 12.5. The lowest BCUT2D eigenvalue weighted by Gasteiger charge is -2.08. The second kappa shape index (κ2) is 6.66. The van der Waals surface area contributed by atoms with E-state index in [-0.39, 0.29) is 28.8 Å². The van der Waals surface area contributed by atoms with Gasteiger partial charge in [-0.25, -0.2) is 0 Å². The number of alkyl halides is 3. The summed E-state index contributed by atoms with van der Waals surface area (Å²) in [5.74, 6) is -0.357. The maximum Gasteiger partial charge on any atom is 0.446 e. The summed E-state index contributed by atoms with van der Waals surface area (Å²) in [6, 6.07) is 4.34. The minimum Gasteiger partial charge on any atom is -0.286 e. The van der Waals surface area contributed by atoms with Crippen LogP contribution in [0.15, 0.2) is 34.2 Å². The lowest BCUT2D eigenvalue weighted by molar-refractivity contribution is -0.0328. The van der Waals surface area contributed by atoms with Crippen molar-refractivity contribution in [2.45, 2.75) is 30.2 Å². The Morgan fingerprint density at radius 1 is 1.35 bits per heavy atom. The number of halogens is 3. The van der Waals surface area contributed by atoms with E-state index < -0.39 is 15.6 Å². The standard InChI is InChI=1S/C14H14F3NO3S2/c1-9-11(4-2-3-7-23(19,20)21)12-8-10(22-14(15,16)17)5-6-13(12)18-9/h4-6,8H,2-3,7H2,1H3,(H,19,20,21)/b11-4+. The number of hydrogen-bond acceptors (Lipinski definition) is 4. The number of aliphatic imine (C=N–C) groups is 1. The molecule has 0 saturated carbocycles. The Hall–Kier alpha value is -1.32. The fourth-order valence-corrected chi connectivity index (χ4v) is 3.34. The number of rotatable bonds is 5. The molecular weight excluding hydrogens is 351 g/mol. The van der Waals surface area contributed by atoms with Gasteiger partial charge in [-0.1, -0.05) is 6.08 Å². The van der Waals surface area contributed by atoms with E-state index in [1.54, 1.807) is 13.0 Å². The predicted octanol–water partition coefficient (Wildman–Crippen LogP) is 4.46. The van der Waals surface area contributed by atoms with E-state index in [9.17, 15) is 21.6 Å². The fourth-order valence-electron chi connectivity index (χ4n) is 2.23. The van der Waals surface area contributed by atoms with Crippen molar-refractivity contribution in [3.8, 4) is 0 Å². The third-order valence-corrected chi connectivity index (χ3v) is 4.65. The van der Waals surface area contributed by atoms with Gasteiger partial charge in [-0.3, -0.25) is 9.55 Å². The van der Waals surface area contributed by atoms with Gasteiger partial charge in [-0.05, 0) is 49.7 Å². The zero-order chi connectivity index (χ0) is 17.3. The summed E-state index contributed by atoms with van der Waals surface area (Å²) in [6.45, 7) is 1.74. The normalized spacial score (nSPS) is 16.6. The third-order valence-electron chi connectivity index (χ3n) is 3.12. The van der Waals surface area contributed by atoms with Crippen LogP contribution in [0.25, 0.3) is 5.57 Å². The van der Waals surface area contributed by atoms with Crippen molar-refractivity contribution in [3.05, 3.63) is 29.8 Å². The average molecular weight is 365 g/mol. The Kier molecular flexibility index (Phi) is 5.22. The molecule has 0 radical (unpaired) electrons. The highest BCUT2D eigenvalue weighted by Gasteiger charge is 2.30. The van der Waals surface area contributed by atoms with Crippen molar-refractivity contribution in [1.82, 2.24) is 0 Å². The number of nitrogens with zero attached hydrogens (tertiary/aromatic N) is 1. The van der Waals surface area contributed by atoms with Crippen LogP contribution >= 0.6 is 11.8 Å². The van der Waals surface area contributed by atoms with Crippen molar-refractivity contribution in [3.63, 3.8) is 0 Å². The summed E-state index contributed by atoms with van der Waals surface area (Å²) in [6.07, 6.45) is 2.33. The molecule has 1 aliphatic rings. The second-order valence-corrected chi connectivity index (χ2v) is 7.68. The minimum absolute atomic E-state index is 0.0741. The van der Waals surface area contributed by atoms with Crippen LogP contribution in [-0.4, -0.2) is 29.9 Å². The summed E-state index contributed by atoms with van der Waals surface area (Å²) >= 11 is -0.189. The van der Waals surface area contributed by atoms with Crippen LogP contribution in [0.1, 0.15) is 25.3 Å². The molecule has 0 atom stereocenters. The monoisotopic (exact) mass is 365 g/mol. The molecule has 1 heterocycles. The molecule has 1 N–H and O–H groups in total. The molecule has 0 aromatic heterocycles. The number of benzene rings is 1. The van der Waals surface area contributed by atoms with Crippen LogP contribution in [-0.2, 0) is 10.1 Å². The molecule has 23 heavy (non-hydrogen) atoms. The molecule has 0 bridgehead atoms. The molecule has 0 saturated heterocycles. The number of allylic oxidation sites excluding steroid dienone is 2. The lowest BCUT2D eigenvalue weighted by Crippen LogP contribution is -2.03. The summed E-state index contributed by atoms with van der Waals surface area (Å²) in [5.41, 5.74) is -1.80. The third kappa shape index (κ3) is 5.36. The first-order valence-electron chi connectivity index (χ1n) is 6.66. The van der Waals surface area contributed by atoms with Crippen LogP contribution in [0.4, 0.5) is 18.9 Å². The van der Waals surface area contributed by atoms with Gasteiger partial charge >= 0.3 is 5.51 Å². The zero-order valence-corrected chi connectivity index (χ0v) is 13.7. The first kappa shape index (κ1) is 18.0. The van der Waals surface area contributed by atoms with Gasteiger partial charge in [-0.2, -0.15) is 21.6 Å². The zero-order valence-electron chi connectivity index (χ0n) is 12.1. The lowest BCUT2D eigenvalue weighted by atomic mass is 10.0. The van der Waals surface area contributed by atoms with Gasteiger partial charge in [0.05, 0.1) is 11.4 Å². The molecule has 0 fully saturated rings. The Morgan fingerprint density at radius 2 is 2.04 bits per heavy atom. The summed E-state index contributed by atoms with van der Waals surface area (Å²) < 4.78 is 67.4. The number of fused-ring (bicyclic) bond motifs is 1. The van der Waals surface area contributed by atoms with E-state index in [1.165, 1.54) is 18.2 Å². The van der Waals surface area contributed by atoms with E-state index >= 15 is 0 Å². The van der Waals surface area contributed by atoms with Gasteiger partial charge in [0.15, 0.2) is 0 Å². The molecule has 9 heteroatoms. The quantitative estimate of drug-likeness (QED) is 0.475. The van der Waals surface area contributed by atoms with Crippen molar-refractivity contribution < 1.29 is 26.1 Å². The molecule has 126 valence electrons. The summed E-state index contributed by atoms with van der Waals surface area (Å²) in [4.78, 5) is 4.36. The molecule has 1 aromatic rings. The minimum atomic E-state index is -4.36. The van der Waals surface area contributed by atoms with E-state index in [0.717, 1.165) is 0 Å². The highest BCUT2D eigenvalue weighted by atomic mass is 32.2. The van der Waals surface area contributed by atoms with Gasteiger partial charge in [0.2, 0.25) is 0 Å². The molecule has 0 amide bonds. The molecule has 0 spiro atoms. The van der Waals surface area contributed by atoms with Crippen molar-refractivity contribution in [2.75, 3.05) is 5.75 Å². The van der Waals surface area contributed by atoms with Crippen LogP contribution in [0, 0.1) is 0 Å². The van der Waals surface area contributed by atoms with Gasteiger partial charge in [0, 0.05) is 21.7 Å². The number of hydrogen-bond donors (Lipinski definition) is 1. The Labute approximate surface area is 136 Å². The molecule has 0 unspecified atom stereocenters. The first-order valence-corrected chi connectivity index (χ1v) is 9.09. The van der Waals surface area contributed by atoms with Crippen LogP contribution in [0.2, 0.25) is 0 Å². The fraction of sp³-hybridized carbons (Fsp3) is 0.357. The second-order valence-electron chi connectivity index (χ2n) is 4.97. The average Bonchev–Trinajstić information content (AvgIpc) is 2.67. The van der Waals surface area contributed by atoms with Crippen molar-refractivity contribution in [2.24, 2.45) is 4.99 Å². The van der Waals surface area contributed by atoms with Crippen LogP contribution < -0.4 is 0 Å². The number of thioether (sulfide) groups is 1.